The van der Waals surface area contributed by atoms with Crippen molar-refractivity contribution in [3.05, 3.63) is 59.7 Å². The summed E-state index contributed by atoms with van der Waals surface area (Å²) in [5.41, 5.74) is 2.55. The number of hydrogen-bond donors (Lipinski definition) is 1. The molecule has 5 nitrogen and oxygen atoms in total. The van der Waals surface area contributed by atoms with E-state index in [4.69, 9.17) is 4.74 Å². The first-order chi connectivity index (χ1) is 10.9. The summed E-state index contributed by atoms with van der Waals surface area (Å²) >= 11 is 0. The molecule has 0 aliphatic heterocycles. The molecule has 0 radical (unpaired) electrons. The summed E-state index contributed by atoms with van der Waals surface area (Å²) in [6, 6.07) is 13.9. The van der Waals surface area contributed by atoms with Crippen molar-refractivity contribution in [3.8, 4) is 5.75 Å². The van der Waals surface area contributed by atoms with E-state index >= 15 is 0 Å². The first-order valence-electron chi connectivity index (χ1n) is 7.29. The summed E-state index contributed by atoms with van der Waals surface area (Å²) in [4.78, 5) is 2.41. The summed E-state index contributed by atoms with van der Waals surface area (Å²) < 4.78 is 29.8. The van der Waals surface area contributed by atoms with Crippen LogP contribution in [0.4, 0.5) is 0 Å². The molecule has 0 aliphatic carbocycles. The van der Waals surface area contributed by atoms with Gasteiger partial charge in [0, 0.05) is 5.56 Å². The smallest absolute Gasteiger partial charge is 0.276 e. The Bertz CT molecular complexity index is 797. The fourth-order valence-corrected chi connectivity index (χ4v) is 2.96. The van der Waals surface area contributed by atoms with Crippen LogP contribution in [0.15, 0.2) is 58.5 Å². The molecule has 2 rings (SSSR count). The van der Waals surface area contributed by atoms with Gasteiger partial charge in [0.15, 0.2) is 0 Å². The van der Waals surface area contributed by atoms with Crippen molar-refractivity contribution in [2.45, 2.75) is 25.7 Å². The van der Waals surface area contributed by atoms with Crippen LogP contribution in [-0.4, -0.2) is 20.7 Å². The van der Waals surface area contributed by atoms with Gasteiger partial charge in [-0.05, 0) is 50.6 Å². The van der Waals surface area contributed by atoms with Crippen LogP contribution in [0.5, 0.6) is 5.75 Å². The van der Waals surface area contributed by atoms with Gasteiger partial charge in [-0.1, -0.05) is 24.3 Å². The summed E-state index contributed by atoms with van der Waals surface area (Å²) in [6.45, 7) is 6.12. The van der Waals surface area contributed by atoms with Gasteiger partial charge in [0.25, 0.3) is 10.0 Å². The highest BCUT2D eigenvalue weighted by Gasteiger charge is 2.13. The fourth-order valence-electron chi connectivity index (χ4n) is 2.10. The Morgan fingerprint density at radius 2 is 1.78 bits per heavy atom. The highest BCUT2D eigenvalue weighted by molar-refractivity contribution is 7.89. The Morgan fingerprint density at radius 3 is 2.39 bits per heavy atom. The molecule has 2 aromatic rings. The third-order valence-electron chi connectivity index (χ3n) is 3.31. The Labute approximate surface area is 137 Å². The van der Waals surface area contributed by atoms with E-state index < -0.39 is 10.0 Å². The summed E-state index contributed by atoms with van der Waals surface area (Å²) in [6.07, 6.45) is 0. The van der Waals surface area contributed by atoms with E-state index in [1.54, 1.807) is 19.1 Å². The molecule has 0 bridgehead atoms. The van der Waals surface area contributed by atoms with E-state index in [2.05, 4.69) is 9.93 Å². The molecule has 1 N–H and O–H groups in total. The maximum absolute atomic E-state index is 12.3. The number of rotatable bonds is 6. The van der Waals surface area contributed by atoms with Crippen molar-refractivity contribution < 1.29 is 13.2 Å². The lowest BCUT2D eigenvalue weighted by molar-refractivity contribution is 0.340. The number of sulfonamides is 1. The monoisotopic (exact) mass is 332 g/mol. The Morgan fingerprint density at radius 1 is 1.13 bits per heavy atom. The molecule has 0 saturated carbocycles. The standard InChI is InChI=1S/C17H20N2O3S/c1-4-22-15-9-11-16(12-10-15)23(20,21)19-18-14(3)17-8-6-5-7-13(17)2/h5-12,19H,4H2,1-3H3/b18-14-. The van der Waals surface area contributed by atoms with Crippen LogP contribution in [0.1, 0.15) is 25.0 Å². The molecule has 0 amide bonds. The molecule has 0 heterocycles. The zero-order valence-corrected chi connectivity index (χ0v) is 14.2. The van der Waals surface area contributed by atoms with Gasteiger partial charge >= 0.3 is 0 Å². The van der Waals surface area contributed by atoms with E-state index in [0.29, 0.717) is 18.1 Å². The highest BCUT2D eigenvalue weighted by Crippen LogP contribution is 2.16. The number of hydrazone groups is 1. The molecule has 0 saturated heterocycles. The molecule has 6 heteroatoms. The highest BCUT2D eigenvalue weighted by atomic mass is 32.2. The van der Waals surface area contributed by atoms with Crippen molar-refractivity contribution >= 4 is 15.7 Å². The third kappa shape index (κ3) is 4.32. The molecule has 0 unspecified atom stereocenters. The van der Waals surface area contributed by atoms with Gasteiger partial charge in [-0.15, -0.1) is 0 Å². The first-order valence-corrected chi connectivity index (χ1v) is 8.77. The number of benzene rings is 2. The van der Waals surface area contributed by atoms with E-state index in [-0.39, 0.29) is 4.90 Å². The molecule has 0 aromatic heterocycles. The number of ether oxygens (including phenoxy) is 1. The van der Waals surface area contributed by atoms with Crippen molar-refractivity contribution in [3.63, 3.8) is 0 Å². The van der Waals surface area contributed by atoms with Crippen molar-refractivity contribution in [1.29, 1.82) is 0 Å². The number of hydrogen-bond acceptors (Lipinski definition) is 4. The van der Waals surface area contributed by atoms with Crippen LogP contribution in [0.25, 0.3) is 0 Å². The fraction of sp³-hybridized carbons (Fsp3) is 0.235. The molecular weight excluding hydrogens is 312 g/mol. The van der Waals surface area contributed by atoms with Gasteiger partial charge in [0.05, 0.1) is 17.2 Å². The van der Waals surface area contributed by atoms with Gasteiger partial charge in [0.1, 0.15) is 5.75 Å². The van der Waals surface area contributed by atoms with Gasteiger partial charge in [-0.25, -0.2) is 0 Å². The Balaban J connectivity index is 2.18. The molecule has 122 valence electrons. The average Bonchev–Trinajstić information content (AvgIpc) is 2.54. The maximum Gasteiger partial charge on any atom is 0.276 e. The van der Waals surface area contributed by atoms with E-state index in [1.165, 1.54) is 12.1 Å². The van der Waals surface area contributed by atoms with Gasteiger partial charge in [-0.2, -0.15) is 18.4 Å². The normalized spacial score (nSPS) is 12.0. The first kappa shape index (κ1) is 17.0. The minimum Gasteiger partial charge on any atom is -0.494 e. The minimum absolute atomic E-state index is 0.141. The minimum atomic E-state index is -3.70. The maximum atomic E-state index is 12.3. The van der Waals surface area contributed by atoms with Gasteiger partial charge < -0.3 is 4.74 Å². The zero-order chi connectivity index (χ0) is 16.9. The van der Waals surface area contributed by atoms with Gasteiger partial charge in [0.2, 0.25) is 0 Å². The molecule has 0 spiro atoms. The van der Waals surface area contributed by atoms with Gasteiger partial charge in [-0.3, -0.25) is 0 Å². The summed E-state index contributed by atoms with van der Waals surface area (Å²) in [5.74, 6) is 0.631. The number of aryl methyl sites for hydroxylation is 1. The molecule has 0 atom stereocenters. The van der Waals surface area contributed by atoms with Crippen molar-refractivity contribution in [2.24, 2.45) is 5.10 Å². The van der Waals surface area contributed by atoms with Crippen LogP contribution in [0, 0.1) is 6.92 Å². The second kappa shape index (κ2) is 7.28. The largest absolute Gasteiger partial charge is 0.494 e. The predicted molar refractivity (Wildman–Crippen MR) is 91.3 cm³/mol. The van der Waals surface area contributed by atoms with E-state index in [9.17, 15) is 8.42 Å². The van der Waals surface area contributed by atoms with Crippen molar-refractivity contribution in [1.82, 2.24) is 4.83 Å². The number of nitrogens with zero attached hydrogens (tertiary/aromatic N) is 1. The van der Waals surface area contributed by atoms with Crippen molar-refractivity contribution in [2.75, 3.05) is 6.61 Å². The quantitative estimate of drug-likeness (QED) is 0.653. The molecular formula is C17H20N2O3S. The number of nitrogens with one attached hydrogen (secondary N) is 1. The Hall–Kier alpha value is -2.34. The second-order valence-corrected chi connectivity index (χ2v) is 6.67. The zero-order valence-electron chi connectivity index (χ0n) is 13.4. The average molecular weight is 332 g/mol. The molecule has 0 aliphatic rings. The molecule has 23 heavy (non-hydrogen) atoms. The summed E-state index contributed by atoms with van der Waals surface area (Å²) in [7, 11) is -3.70. The predicted octanol–water partition coefficient (Wildman–Crippen LogP) is 3.10. The van der Waals surface area contributed by atoms with Crippen LogP contribution in [0.2, 0.25) is 0 Å². The molecule has 0 fully saturated rings. The van der Waals surface area contributed by atoms with Crippen LogP contribution in [0.3, 0.4) is 0 Å². The Kier molecular flexibility index (Phi) is 5.39. The van der Waals surface area contributed by atoms with Crippen LogP contribution >= 0.6 is 0 Å². The SMILES string of the molecule is CCOc1ccc(S(=O)(=O)N/N=C(/C)c2ccccc2C)cc1. The van der Waals surface area contributed by atoms with E-state index in [1.807, 2.05) is 38.1 Å². The lowest BCUT2D eigenvalue weighted by atomic mass is 10.1. The van der Waals surface area contributed by atoms with Crippen LogP contribution in [-0.2, 0) is 10.0 Å². The lowest BCUT2D eigenvalue weighted by Gasteiger charge is -2.08. The lowest BCUT2D eigenvalue weighted by Crippen LogP contribution is -2.20. The molecule has 2 aromatic carbocycles. The topological polar surface area (TPSA) is 67.8 Å². The second-order valence-electron chi connectivity index (χ2n) is 5.01. The van der Waals surface area contributed by atoms with E-state index in [0.717, 1.165) is 11.1 Å². The summed E-state index contributed by atoms with van der Waals surface area (Å²) in [5, 5.41) is 4.01. The van der Waals surface area contributed by atoms with Crippen LogP contribution < -0.4 is 9.57 Å². The third-order valence-corrected chi connectivity index (χ3v) is 4.54.